The molecule has 0 atom stereocenters. The molecular weight excluding hydrogens is 306 g/mol. The van der Waals surface area contributed by atoms with E-state index >= 15 is 0 Å². The van der Waals surface area contributed by atoms with Gasteiger partial charge in [-0.05, 0) is 40.0 Å². The third-order valence-corrected chi connectivity index (χ3v) is 4.55. The number of para-hydroxylation sites is 2. The maximum Gasteiger partial charge on any atom is 0.128 e. The first kappa shape index (κ1) is 19.2. The molecule has 0 heterocycles. The number of hydrogen-bond donors (Lipinski definition) is 1. The van der Waals surface area contributed by atoms with Crippen LogP contribution in [0.2, 0.25) is 0 Å². The highest BCUT2D eigenvalue weighted by molar-refractivity contribution is 5.87. The van der Waals surface area contributed by atoms with Gasteiger partial charge in [-0.1, -0.05) is 78.8 Å². The fraction of sp³-hybridized carbons (Fsp3) is 0.435. The normalized spacial score (nSPS) is 12.5. The largest absolute Gasteiger partial charge is 0.507 e. The minimum Gasteiger partial charge on any atom is -0.507 e. The van der Waals surface area contributed by atoms with Gasteiger partial charge >= 0.3 is 0 Å². The van der Waals surface area contributed by atoms with Crippen LogP contribution in [0.5, 0.6) is 5.75 Å². The molecule has 0 fully saturated rings. The number of aromatic hydroxyl groups is 1. The second-order valence-corrected chi connectivity index (χ2v) is 8.35. The summed E-state index contributed by atoms with van der Waals surface area (Å²) in [5.41, 5.74) is 5.13. The van der Waals surface area contributed by atoms with Crippen LogP contribution < -0.4 is 0 Å². The van der Waals surface area contributed by atoms with Crippen LogP contribution in [0.1, 0.15) is 82.6 Å². The Balaban J connectivity index is 2.54. The van der Waals surface area contributed by atoms with Crippen LogP contribution in [0, 0.1) is 0 Å². The highest BCUT2D eigenvalue weighted by Gasteiger charge is 2.19. The predicted molar refractivity (Wildman–Crippen MR) is 109 cm³/mol. The predicted octanol–water partition coefficient (Wildman–Crippen LogP) is 6.69. The van der Waals surface area contributed by atoms with E-state index in [1.807, 2.05) is 18.2 Å². The fourth-order valence-corrected chi connectivity index (χ4v) is 3.07. The van der Waals surface area contributed by atoms with E-state index in [1.165, 1.54) is 11.1 Å². The summed E-state index contributed by atoms with van der Waals surface area (Å²) in [6.45, 7) is 15.1. The monoisotopic (exact) mass is 337 g/mol. The lowest BCUT2D eigenvalue weighted by molar-refractivity contribution is 0.446. The molecular formula is C23H31NO. The first-order valence-corrected chi connectivity index (χ1v) is 9.12. The zero-order valence-electron chi connectivity index (χ0n) is 16.6. The van der Waals surface area contributed by atoms with Crippen molar-refractivity contribution in [3.63, 3.8) is 0 Å². The molecule has 25 heavy (non-hydrogen) atoms. The van der Waals surface area contributed by atoms with E-state index < -0.39 is 0 Å². The van der Waals surface area contributed by atoms with Gasteiger partial charge in [-0.3, -0.25) is 4.99 Å². The van der Waals surface area contributed by atoms with Gasteiger partial charge in [0.1, 0.15) is 5.75 Å². The molecule has 134 valence electrons. The molecule has 2 rings (SSSR count). The van der Waals surface area contributed by atoms with Crippen molar-refractivity contribution in [2.75, 3.05) is 0 Å². The summed E-state index contributed by atoms with van der Waals surface area (Å²) >= 11 is 0. The summed E-state index contributed by atoms with van der Waals surface area (Å²) in [6, 6.07) is 12.3. The average Bonchev–Trinajstić information content (AvgIpc) is 2.52. The Labute approximate surface area is 152 Å². The van der Waals surface area contributed by atoms with Crippen molar-refractivity contribution in [1.82, 2.24) is 0 Å². The van der Waals surface area contributed by atoms with Crippen LogP contribution in [0.3, 0.4) is 0 Å². The summed E-state index contributed by atoms with van der Waals surface area (Å²) in [4.78, 5) is 4.82. The Morgan fingerprint density at radius 3 is 1.88 bits per heavy atom. The molecule has 2 heteroatoms. The van der Waals surface area contributed by atoms with Crippen LogP contribution >= 0.6 is 0 Å². The van der Waals surface area contributed by atoms with Gasteiger partial charge in [-0.15, -0.1) is 0 Å². The van der Waals surface area contributed by atoms with E-state index in [4.69, 9.17) is 4.99 Å². The molecule has 1 N–H and O–H groups in total. The van der Waals surface area contributed by atoms with E-state index in [9.17, 15) is 5.11 Å². The van der Waals surface area contributed by atoms with Gasteiger partial charge in [0.25, 0.3) is 0 Å². The summed E-state index contributed by atoms with van der Waals surface area (Å²) in [5, 5.41) is 10.7. The summed E-state index contributed by atoms with van der Waals surface area (Å²) in [6.07, 6.45) is 1.80. The zero-order chi connectivity index (χ0) is 18.8. The summed E-state index contributed by atoms with van der Waals surface area (Å²) in [5.74, 6) is 1.13. The minimum absolute atomic E-state index is 0.104. The third-order valence-electron chi connectivity index (χ3n) is 4.55. The molecule has 0 spiro atoms. The Kier molecular flexibility index (Phi) is 5.72. The second kappa shape index (κ2) is 7.43. The van der Waals surface area contributed by atoms with Crippen LogP contribution in [-0.4, -0.2) is 11.3 Å². The topological polar surface area (TPSA) is 32.6 Å². The van der Waals surface area contributed by atoms with Crippen molar-refractivity contribution >= 4 is 11.9 Å². The van der Waals surface area contributed by atoms with Crippen molar-refractivity contribution in [3.8, 4) is 5.75 Å². The number of nitrogens with zero attached hydrogens (tertiary/aromatic N) is 1. The molecule has 0 bridgehead atoms. The molecule has 2 aromatic rings. The summed E-state index contributed by atoms with van der Waals surface area (Å²) < 4.78 is 0. The first-order chi connectivity index (χ1) is 11.6. The Bertz CT molecular complexity index is 738. The number of hydrogen-bond acceptors (Lipinski definition) is 2. The molecule has 0 unspecified atom stereocenters. The highest BCUT2D eigenvalue weighted by Crippen LogP contribution is 2.36. The van der Waals surface area contributed by atoms with E-state index in [0.717, 1.165) is 16.8 Å². The Morgan fingerprint density at radius 2 is 1.40 bits per heavy atom. The molecule has 0 saturated carbocycles. The summed E-state index contributed by atoms with van der Waals surface area (Å²) in [7, 11) is 0. The van der Waals surface area contributed by atoms with E-state index in [-0.39, 0.29) is 5.41 Å². The first-order valence-electron chi connectivity index (χ1n) is 9.12. The number of benzene rings is 2. The van der Waals surface area contributed by atoms with E-state index in [0.29, 0.717) is 17.6 Å². The van der Waals surface area contributed by atoms with Crippen molar-refractivity contribution < 1.29 is 5.11 Å². The minimum atomic E-state index is -0.104. The average molecular weight is 338 g/mol. The maximum absolute atomic E-state index is 10.7. The molecule has 0 amide bonds. The Morgan fingerprint density at radius 1 is 0.880 bits per heavy atom. The lowest BCUT2D eigenvalue weighted by Crippen LogP contribution is -2.11. The second-order valence-electron chi connectivity index (χ2n) is 8.35. The molecule has 0 aliphatic rings. The number of phenolic OH excluding ortho intramolecular Hbond substituents is 1. The highest BCUT2D eigenvalue weighted by atomic mass is 16.3. The van der Waals surface area contributed by atoms with Gasteiger partial charge in [0.15, 0.2) is 0 Å². The number of phenols is 1. The number of aliphatic imine (C=N–C) groups is 1. The van der Waals surface area contributed by atoms with Crippen molar-refractivity contribution in [2.45, 2.75) is 65.7 Å². The Hall–Kier alpha value is -2.09. The van der Waals surface area contributed by atoms with E-state index in [1.54, 1.807) is 6.21 Å². The SMILES string of the molecule is CC(C)c1cccc(C(C)C)c1/N=C/c1cccc(C(C)(C)C)c1O. The van der Waals surface area contributed by atoms with Crippen LogP contribution in [0.4, 0.5) is 5.69 Å². The molecule has 0 aliphatic heterocycles. The van der Waals surface area contributed by atoms with Gasteiger partial charge in [0.05, 0.1) is 5.69 Å². The maximum atomic E-state index is 10.7. The molecule has 0 saturated heterocycles. The lowest BCUT2D eigenvalue weighted by Gasteiger charge is -2.21. The van der Waals surface area contributed by atoms with Crippen molar-refractivity contribution in [1.29, 1.82) is 0 Å². The van der Waals surface area contributed by atoms with Gasteiger partial charge in [-0.25, -0.2) is 0 Å². The standard InChI is InChI=1S/C23H31NO/c1-15(2)18-11-9-12-19(16(3)4)21(18)24-14-17-10-8-13-20(22(17)25)23(5,6)7/h8-16,25H,1-7H3/b24-14+. The van der Waals surface area contributed by atoms with Gasteiger partial charge in [0, 0.05) is 11.8 Å². The van der Waals surface area contributed by atoms with Crippen molar-refractivity contribution in [2.24, 2.45) is 4.99 Å². The molecule has 0 aliphatic carbocycles. The van der Waals surface area contributed by atoms with E-state index in [2.05, 4.69) is 66.7 Å². The molecule has 2 nitrogen and oxygen atoms in total. The molecule has 0 aromatic heterocycles. The molecule has 0 radical (unpaired) electrons. The van der Waals surface area contributed by atoms with Crippen LogP contribution in [0.15, 0.2) is 41.4 Å². The van der Waals surface area contributed by atoms with Gasteiger partial charge < -0.3 is 5.11 Å². The van der Waals surface area contributed by atoms with Crippen LogP contribution in [0.25, 0.3) is 0 Å². The third kappa shape index (κ3) is 4.31. The van der Waals surface area contributed by atoms with Crippen molar-refractivity contribution in [3.05, 3.63) is 58.7 Å². The quantitative estimate of drug-likeness (QED) is 0.619. The lowest BCUT2D eigenvalue weighted by atomic mass is 9.85. The van der Waals surface area contributed by atoms with Crippen LogP contribution in [-0.2, 0) is 5.41 Å². The van der Waals surface area contributed by atoms with Gasteiger partial charge in [0.2, 0.25) is 0 Å². The smallest absolute Gasteiger partial charge is 0.128 e. The fourth-order valence-electron chi connectivity index (χ4n) is 3.07. The number of rotatable bonds is 4. The molecule has 2 aromatic carbocycles. The zero-order valence-corrected chi connectivity index (χ0v) is 16.6. The van der Waals surface area contributed by atoms with Gasteiger partial charge in [-0.2, -0.15) is 0 Å².